The second-order valence-electron chi connectivity index (χ2n) is 7.70. The molecule has 0 unspecified atom stereocenters. The van der Waals surface area contributed by atoms with E-state index in [1.165, 1.54) is 30.6 Å². The highest BCUT2D eigenvalue weighted by Crippen LogP contribution is 2.49. The summed E-state index contributed by atoms with van der Waals surface area (Å²) in [6.07, 6.45) is 4.94. The highest BCUT2D eigenvalue weighted by molar-refractivity contribution is 7.89. The van der Waals surface area contributed by atoms with E-state index in [0.717, 1.165) is 12.3 Å². The van der Waals surface area contributed by atoms with E-state index in [1.807, 2.05) is 18.4 Å². The molecule has 0 saturated heterocycles. The molecule has 0 spiro atoms. The quantitative estimate of drug-likeness (QED) is 0.761. The van der Waals surface area contributed by atoms with Gasteiger partial charge in [-0.2, -0.15) is 0 Å². The predicted molar refractivity (Wildman–Crippen MR) is 107 cm³/mol. The number of hydrogen-bond acceptors (Lipinski definition) is 4. The maximum atomic E-state index is 12.7. The first kappa shape index (κ1) is 18.7. The Morgan fingerprint density at radius 2 is 1.93 bits per heavy atom. The smallest absolute Gasteiger partial charge is 0.265 e. The fraction of sp³-hybridized carbons (Fsp3) is 0.450. The Hall–Kier alpha value is -1.70. The van der Waals surface area contributed by atoms with Gasteiger partial charge in [0, 0.05) is 11.7 Å². The van der Waals surface area contributed by atoms with E-state index in [9.17, 15) is 13.2 Å². The van der Waals surface area contributed by atoms with Gasteiger partial charge in [0.15, 0.2) is 0 Å². The van der Waals surface area contributed by atoms with Gasteiger partial charge in [0.25, 0.3) is 5.91 Å². The summed E-state index contributed by atoms with van der Waals surface area (Å²) in [7, 11) is -3.56. The van der Waals surface area contributed by atoms with E-state index >= 15 is 0 Å². The van der Waals surface area contributed by atoms with E-state index in [2.05, 4.69) is 10.0 Å². The molecule has 2 aromatic rings. The Morgan fingerprint density at radius 3 is 2.52 bits per heavy atom. The molecule has 2 fully saturated rings. The molecule has 2 N–H and O–H groups in total. The fourth-order valence-corrected chi connectivity index (χ4v) is 6.54. The number of fused-ring (bicyclic) bond motifs is 2. The lowest BCUT2D eigenvalue weighted by Crippen LogP contribution is -2.40. The van der Waals surface area contributed by atoms with Crippen molar-refractivity contribution < 1.29 is 13.2 Å². The van der Waals surface area contributed by atoms with Crippen LogP contribution in [0.3, 0.4) is 0 Å². The molecular weight excluding hydrogens is 380 g/mol. The molecule has 2 bridgehead atoms. The Kier molecular flexibility index (Phi) is 5.09. The molecule has 2 saturated carbocycles. The molecule has 1 heterocycles. The van der Waals surface area contributed by atoms with Crippen molar-refractivity contribution in [3.63, 3.8) is 0 Å². The van der Waals surface area contributed by atoms with Crippen LogP contribution in [0.1, 0.15) is 42.3 Å². The van der Waals surface area contributed by atoms with Crippen LogP contribution in [0, 0.1) is 17.8 Å². The highest BCUT2D eigenvalue weighted by Gasteiger charge is 2.42. The normalized spacial score (nSPS) is 25.4. The van der Waals surface area contributed by atoms with Crippen LogP contribution in [0.15, 0.2) is 46.7 Å². The molecule has 27 heavy (non-hydrogen) atoms. The van der Waals surface area contributed by atoms with E-state index in [4.69, 9.17) is 0 Å². The van der Waals surface area contributed by atoms with Gasteiger partial charge in [0.2, 0.25) is 10.0 Å². The van der Waals surface area contributed by atoms with E-state index < -0.39 is 10.0 Å². The number of thiophene rings is 1. The van der Waals surface area contributed by atoms with Crippen LogP contribution in [0.4, 0.5) is 5.69 Å². The number of carbonyl (C=O) groups is 1. The highest BCUT2D eigenvalue weighted by atomic mass is 32.2. The number of amides is 1. The standard InChI is InChI=1S/C20H24N2O3S2/c1-13(18-12-14-4-5-15(18)11-14)22-27(24,25)17-8-6-16(7-9-17)21-20(23)19-3-2-10-26-19/h2-3,6-10,13-15,18,22H,4-5,11-12H2,1H3,(H,21,23)/t13-,14+,15+,18+/m1/s1. The Labute approximate surface area is 164 Å². The van der Waals surface area contributed by atoms with E-state index in [-0.39, 0.29) is 16.8 Å². The largest absolute Gasteiger partial charge is 0.321 e. The van der Waals surface area contributed by atoms with E-state index in [1.54, 1.807) is 30.3 Å². The number of benzene rings is 1. The van der Waals surface area contributed by atoms with Crippen molar-refractivity contribution in [3.8, 4) is 0 Å². The Morgan fingerprint density at radius 1 is 1.15 bits per heavy atom. The summed E-state index contributed by atoms with van der Waals surface area (Å²) < 4.78 is 28.3. The third-order valence-corrected chi connectivity index (χ3v) is 8.39. The monoisotopic (exact) mass is 404 g/mol. The maximum absolute atomic E-state index is 12.7. The van der Waals surface area contributed by atoms with Crippen LogP contribution < -0.4 is 10.0 Å². The number of hydrogen-bond donors (Lipinski definition) is 2. The first-order valence-corrected chi connectivity index (χ1v) is 11.8. The lowest BCUT2D eigenvalue weighted by atomic mass is 9.84. The summed E-state index contributed by atoms with van der Waals surface area (Å²) in [5.41, 5.74) is 0.577. The zero-order chi connectivity index (χ0) is 19.0. The van der Waals surface area contributed by atoms with Gasteiger partial charge in [-0.25, -0.2) is 13.1 Å². The first-order chi connectivity index (χ1) is 12.9. The molecule has 4 rings (SSSR count). The summed E-state index contributed by atoms with van der Waals surface area (Å²) in [6.45, 7) is 1.98. The first-order valence-electron chi connectivity index (χ1n) is 9.39. The molecule has 0 radical (unpaired) electrons. The second-order valence-corrected chi connectivity index (χ2v) is 10.4. The topological polar surface area (TPSA) is 75.3 Å². The Bertz CT molecular complexity index is 907. The molecule has 5 nitrogen and oxygen atoms in total. The van der Waals surface area contributed by atoms with E-state index in [0.29, 0.717) is 22.4 Å². The molecule has 2 aliphatic carbocycles. The van der Waals surface area contributed by atoms with Gasteiger partial charge in [-0.05, 0) is 79.7 Å². The average Bonchev–Trinajstić information content (AvgIpc) is 3.39. The number of rotatable bonds is 6. The maximum Gasteiger partial charge on any atom is 0.265 e. The second kappa shape index (κ2) is 7.37. The van der Waals surface area contributed by atoms with Crippen LogP contribution in [-0.2, 0) is 10.0 Å². The van der Waals surface area contributed by atoms with Gasteiger partial charge in [-0.3, -0.25) is 4.79 Å². The van der Waals surface area contributed by atoms with Crippen LogP contribution in [0.2, 0.25) is 0 Å². The summed E-state index contributed by atoms with van der Waals surface area (Å²) >= 11 is 1.36. The lowest BCUT2D eigenvalue weighted by Gasteiger charge is -2.28. The average molecular weight is 405 g/mol. The van der Waals surface area contributed by atoms with Gasteiger partial charge in [0.1, 0.15) is 0 Å². The van der Waals surface area contributed by atoms with Gasteiger partial charge in [0.05, 0.1) is 9.77 Å². The summed E-state index contributed by atoms with van der Waals surface area (Å²) in [5, 5.41) is 4.62. The molecule has 1 amide bonds. The van der Waals surface area contributed by atoms with Crippen LogP contribution >= 0.6 is 11.3 Å². The van der Waals surface area contributed by atoms with Crippen molar-refractivity contribution in [1.29, 1.82) is 0 Å². The van der Waals surface area contributed by atoms with Crippen molar-refractivity contribution in [2.75, 3.05) is 5.32 Å². The minimum Gasteiger partial charge on any atom is -0.321 e. The number of carbonyl (C=O) groups excluding carboxylic acids is 1. The van der Waals surface area contributed by atoms with Crippen molar-refractivity contribution in [2.24, 2.45) is 17.8 Å². The van der Waals surface area contributed by atoms with Crippen molar-refractivity contribution in [3.05, 3.63) is 46.7 Å². The van der Waals surface area contributed by atoms with Crippen molar-refractivity contribution in [2.45, 2.75) is 43.5 Å². The molecule has 4 atom stereocenters. The van der Waals surface area contributed by atoms with Crippen LogP contribution in [0.5, 0.6) is 0 Å². The fourth-order valence-electron chi connectivity index (χ4n) is 4.62. The summed E-state index contributed by atoms with van der Waals surface area (Å²) in [4.78, 5) is 12.9. The van der Waals surface area contributed by atoms with Crippen molar-refractivity contribution in [1.82, 2.24) is 4.72 Å². The predicted octanol–water partition coefficient (Wildman–Crippen LogP) is 4.10. The van der Waals surface area contributed by atoms with Gasteiger partial charge in [-0.15, -0.1) is 11.3 Å². The minimum absolute atomic E-state index is 0.0523. The lowest BCUT2D eigenvalue weighted by molar-refractivity contribution is 0.103. The van der Waals surface area contributed by atoms with Gasteiger partial charge < -0.3 is 5.32 Å². The third-order valence-electron chi connectivity index (χ3n) is 5.94. The van der Waals surface area contributed by atoms with Crippen LogP contribution in [0.25, 0.3) is 0 Å². The summed E-state index contributed by atoms with van der Waals surface area (Å²) in [5.74, 6) is 1.72. The molecule has 7 heteroatoms. The minimum atomic E-state index is -3.56. The molecule has 1 aromatic heterocycles. The number of nitrogens with one attached hydrogen (secondary N) is 2. The molecule has 1 aromatic carbocycles. The summed E-state index contributed by atoms with van der Waals surface area (Å²) in [6, 6.07) is 9.85. The number of anilines is 1. The molecule has 2 aliphatic rings. The molecule has 144 valence electrons. The zero-order valence-electron chi connectivity index (χ0n) is 15.2. The molecule has 0 aliphatic heterocycles. The van der Waals surface area contributed by atoms with Crippen LogP contribution in [-0.4, -0.2) is 20.4 Å². The number of sulfonamides is 1. The van der Waals surface area contributed by atoms with Crippen molar-refractivity contribution >= 4 is 33.0 Å². The SMILES string of the molecule is C[C@@H](NS(=O)(=O)c1ccc(NC(=O)c2cccs2)cc1)[C@@H]1C[C@H]2CC[C@H]1C2. The third kappa shape index (κ3) is 3.95. The van der Waals surface area contributed by atoms with Gasteiger partial charge in [-0.1, -0.05) is 12.5 Å². The molecular formula is C20H24N2O3S2. The Balaban J connectivity index is 1.40. The zero-order valence-corrected chi connectivity index (χ0v) is 16.9. The van der Waals surface area contributed by atoms with Gasteiger partial charge >= 0.3 is 0 Å².